The zero-order valence-corrected chi connectivity index (χ0v) is 14.9. The summed E-state index contributed by atoms with van der Waals surface area (Å²) in [6.45, 7) is 6.52. The van der Waals surface area contributed by atoms with Crippen molar-refractivity contribution in [3.05, 3.63) is 78.5 Å². The zero-order chi connectivity index (χ0) is 17.9. The molecule has 5 heteroatoms. The van der Waals surface area contributed by atoms with E-state index in [2.05, 4.69) is 11.6 Å². The number of aliphatic imine (C=N–C) groups is 1. The summed E-state index contributed by atoms with van der Waals surface area (Å²) < 4.78 is 27.3. The quantitative estimate of drug-likeness (QED) is 0.491. The van der Waals surface area contributed by atoms with Crippen LogP contribution in [-0.2, 0) is 10.0 Å². The van der Waals surface area contributed by atoms with Crippen molar-refractivity contribution >= 4 is 27.1 Å². The third-order valence-corrected chi connectivity index (χ3v) is 5.74. The van der Waals surface area contributed by atoms with E-state index in [1.54, 1.807) is 48.8 Å². The largest absolute Gasteiger partial charge is 0.288 e. The summed E-state index contributed by atoms with van der Waals surface area (Å²) in [5.41, 5.74) is 2.46. The second-order valence-electron chi connectivity index (χ2n) is 5.79. The lowest BCUT2D eigenvalue weighted by atomic mass is 10.2. The van der Waals surface area contributed by atoms with Gasteiger partial charge in [-0.05, 0) is 24.6 Å². The average molecular weight is 352 g/mol. The Hall–Kier alpha value is -2.66. The van der Waals surface area contributed by atoms with E-state index in [0.29, 0.717) is 12.1 Å². The highest BCUT2D eigenvalue weighted by Gasteiger charge is 2.20. The average Bonchev–Trinajstić information content (AvgIpc) is 3.02. The molecule has 4 nitrogen and oxygen atoms in total. The van der Waals surface area contributed by atoms with E-state index in [0.717, 1.165) is 22.9 Å². The second-order valence-corrected chi connectivity index (χ2v) is 7.60. The highest BCUT2D eigenvalue weighted by Crippen LogP contribution is 2.25. The minimum absolute atomic E-state index is 0.263. The van der Waals surface area contributed by atoms with E-state index < -0.39 is 10.0 Å². The van der Waals surface area contributed by atoms with Crippen LogP contribution in [0.5, 0.6) is 0 Å². The molecule has 2 aromatic carbocycles. The number of fused-ring (bicyclic) bond motifs is 1. The van der Waals surface area contributed by atoms with Gasteiger partial charge in [0.25, 0.3) is 10.0 Å². The summed E-state index contributed by atoms with van der Waals surface area (Å²) in [6.07, 6.45) is 4.23. The maximum Gasteiger partial charge on any atom is 0.268 e. The molecule has 0 saturated heterocycles. The van der Waals surface area contributed by atoms with Crippen LogP contribution >= 0.6 is 0 Å². The molecule has 0 saturated carbocycles. The molecule has 3 aromatic rings. The SMILES string of the molecule is C=C(CC)CN=Cc1cn(S(=O)(=O)c2ccccc2)c2ccccc12. The molecule has 0 spiro atoms. The lowest BCUT2D eigenvalue weighted by Crippen LogP contribution is -2.11. The van der Waals surface area contributed by atoms with Gasteiger partial charge in [0, 0.05) is 23.4 Å². The molecular weight excluding hydrogens is 332 g/mol. The Morgan fingerprint density at radius 2 is 1.80 bits per heavy atom. The number of hydrogen-bond acceptors (Lipinski definition) is 3. The van der Waals surface area contributed by atoms with Crippen LogP contribution in [0.4, 0.5) is 0 Å². The smallest absolute Gasteiger partial charge is 0.268 e. The number of nitrogens with zero attached hydrogens (tertiary/aromatic N) is 2. The van der Waals surface area contributed by atoms with Crippen LogP contribution in [-0.4, -0.2) is 25.1 Å². The summed E-state index contributed by atoms with van der Waals surface area (Å²) in [5.74, 6) is 0. The van der Waals surface area contributed by atoms with Gasteiger partial charge in [0.05, 0.1) is 17.0 Å². The second kappa shape index (κ2) is 7.07. The predicted molar refractivity (Wildman–Crippen MR) is 103 cm³/mol. The summed E-state index contributed by atoms with van der Waals surface area (Å²) in [5, 5.41) is 0.855. The van der Waals surface area contributed by atoms with Crippen molar-refractivity contribution in [1.82, 2.24) is 3.97 Å². The van der Waals surface area contributed by atoms with E-state index >= 15 is 0 Å². The molecule has 0 aliphatic carbocycles. The Morgan fingerprint density at radius 3 is 2.52 bits per heavy atom. The van der Waals surface area contributed by atoms with E-state index in [1.165, 1.54) is 3.97 Å². The van der Waals surface area contributed by atoms with Crippen molar-refractivity contribution in [2.75, 3.05) is 6.54 Å². The third kappa shape index (κ3) is 3.42. The molecule has 25 heavy (non-hydrogen) atoms. The predicted octanol–water partition coefficient (Wildman–Crippen LogP) is 4.26. The number of aromatic nitrogens is 1. The van der Waals surface area contributed by atoms with E-state index in [9.17, 15) is 8.42 Å². The van der Waals surface area contributed by atoms with Crippen molar-refractivity contribution in [1.29, 1.82) is 0 Å². The molecular formula is C20H20N2O2S. The Balaban J connectivity index is 2.10. The third-order valence-electron chi connectivity index (χ3n) is 4.05. The Morgan fingerprint density at radius 1 is 1.12 bits per heavy atom. The van der Waals surface area contributed by atoms with Gasteiger partial charge in [-0.15, -0.1) is 0 Å². The molecule has 0 bridgehead atoms. The van der Waals surface area contributed by atoms with Crippen LogP contribution in [0.3, 0.4) is 0 Å². The fraction of sp³-hybridized carbons (Fsp3) is 0.150. The van der Waals surface area contributed by atoms with Crippen LogP contribution in [0.25, 0.3) is 10.9 Å². The van der Waals surface area contributed by atoms with Gasteiger partial charge in [-0.3, -0.25) is 4.99 Å². The molecule has 0 aliphatic heterocycles. The molecule has 1 heterocycles. The summed E-state index contributed by atoms with van der Waals surface area (Å²) in [4.78, 5) is 4.66. The summed E-state index contributed by atoms with van der Waals surface area (Å²) >= 11 is 0. The lowest BCUT2D eigenvalue weighted by Gasteiger charge is -2.07. The lowest BCUT2D eigenvalue weighted by molar-refractivity contribution is 0.589. The van der Waals surface area contributed by atoms with Crippen LogP contribution < -0.4 is 0 Å². The molecule has 128 valence electrons. The molecule has 0 amide bonds. The minimum Gasteiger partial charge on any atom is -0.288 e. The van der Waals surface area contributed by atoms with E-state index in [4.69, 9.17) is 0 Å². The summed E-state index contributed by atoms with van der Waals surface area (Å²) in [7, 11) is -3.65. The molecule has 0 radical (unpaired) electrons. The van der Waals surface area contributed by atoms with Crippen molar-refractivity contribution in [2.24, 2.45) is 4.99 Å². The fourth-order valence-corrected chi connectivity index (χ4v) is 3.97. The van der Waals surface area contributed by atoms with Crippen molar-refractivity contribution in [3.8, 4) is 0 Å². The first kappa shape index (κ1) is 17.2. The fourth-order valence-electron chi connectivity index (χ4n) is 2.57. The zero-order valence-electron chi connectivity index (χ0n) is 14.1. The van der Waals surface area contributed by atoms with Gasteiger partial charge in [0.15, 0.2) is 0 Å². The van der Waals surface area contributed by atoms with Crippen LogP contribution in [0.15, 0.2) is 82.8 Å². The highest BCUT2D eigenvalue weighted by atomic mass is 32.2. The number of para-hydroxylation sites is 1. The van der Waals surface area contributed by atoms with E-state index in [1.807, 2.05) is 25.1 Å². The molecule has 0 aliphatic rings. The van der Waals surface area contributed by atoms with Gasteiger partial charge in [0.1, 0.15) is 0 Å². The van der Waals surface area contributed by atoms with Crippen molar-refractivity contribution < 1.29 is 8.42 Å². The summed E-state index contributed by atoms with van der Waals surface area (Å²) in [6, 6.07) is 15.9. The first-order valence-corrected chi connectivity index (χ1v) is 9.55. The first-order valence-electron chi connectivity index (χ1n) is 8.11. The van der Waals surface area contributed by atoms with Crippen LogP contribution in [0.2, 0.25) is 0 Å². The number of rotatable bonds is 6. The van der Waals surface area contributed by atoms with Crippen LogP contribution in [0.1, 0.15) is 18.9 Å². The van der Waals surface area contributed by atoms with Crippen molar-refractivity contribution in [3.63, 3.8) is 0 Å². The van der Waals surface area contributed by atoms with E-state index in [-0.39, 0.29) is 4.90 Å². The standard InChI is InChI=1S/C20H20N2O2S/c1-3-16(2)13-21-14-17-15-22(20-12-8-7-11-19(17)20)25(23,24)18-9-5-4-6-10-18/h4-12,14-15H,2-3,13H2,1H3. The maximum atomic E-state index is 13.0. The van der Waals surface area contributed by atoms with Gasteiger partial charge in [-0.2, -0.15) is 0 Å². The Labute approximate surface area is 148 Å². The van der Waals surface area contributed by atoms with Gasteiger partial charge < -0.3 is 0 Å². The molecule has 1 aromatic heterocycles. The highest BCUT2D eigenvalue weighted by molar-refractivity contribution is 7.90. The van der Waals surface area contributed by atoms with Gasteiger partial charge in [-0.25, -0.2) is 12.4 Å². The Kier molecular flexibility index (Phi) is 4.86. The van der Waals surface area contributed by atoms with Gasteiger partial charge >= 0.3 is 0 Å². The number of benzene rings is 2. The van der Waals surface area contributed by atoms with Crippen LogP contribution in [0, 0.1) is 0 Å². The maximum absolute atomic E-state index is 13.0. The van der Waals surface area contributed by atoms with Gasteiger partial charge in [0.2, 0.25) is 0 Å². The van der Waals surface area contributed by atoms with Gasteiger partial charge in [-0.1, -0.05) is 55.5 Å². The molecule has 0 fully saturated rings. The molecule has 0 atom stereocenters. The normalized spacial score (nSPS) is 12.0. The monoisotopic (exact) mass is 352 g/mol. The topological polar surface area (TPSA) is 51.4 Å². The first-order chi connectivity index (χ1) is 12.0. The molecule has 0 N–H and O–H groups in total. The Bertz CT molecular complexity index is 1030. The minimum atomic E-state index is -3.65. The molecule has 0 unspecified atom stereocenters. The molecule has 3 rings (SSSR count). The van der Waals surface area contributed by atoms with Crippen molar-refractivity contribution in [2.45, 2.75) is 18.2 Å². The number of hydrogen-bond donors (Lipinski definition) is 0.